The number of hydrogen-bond donors (Lipinski definition) is 1. The number of carbonyl (C=O) groups excluding carboxylic acids is 1. The molecule has 1 aliphatic carbocycles. The number of benzene rings is 2. The topological polar surface area (TPSA) is 83.3 Å². The zero-order valence-electron chi connectivity index (χ0n) is 14.8. The third-order valence-electron chi connectivity index (χ3n) is 5.15. The van der Waals surface area contributed by atoms with Crippen LogP contribution >= 0.6 is 11.8 Å². The van der Waals surface area contributed by atoms with Gasteiger partial charge in [-0.05, 0) is 41.4 Å². The summed E-state index contributed by atoms with van der Waals surface area (Å²) in [7, 11) is 0. The van der Waals surface area contributed by atoms with E-state index in [0.717, 1.165) is 29.2 Å². The summed E-state index contributed by atoms with van der Waals surface area (Å²) in [5.74, 6) is 0.210. The summed E-state index contributed by atoms with van der Waals surface area (Å²) in [5, 5.41) is 16.5. The van der Waals surface area contributed by atoms with Gasteiger partial charge in [0.1, 0.15) is 23.1 Å². The lowest BCUT2D eigenvalue weighted by atomic mass is 9.92. The van der Waals surface area contributed by atoms with Crippen LogP contribution in [0.3, 0.4) is 0 Å². The van der Waals surface area contributed by atoms with Crippen LogP contribution in [-0.4, -0.2) is 26.6 Å². The van der Waals surface area contributed by atoms with E-state index in [0.29, 0.717) is 22.5 Å². The molecule has 5 rings (SSSR count). The molecule has 2 aromatic heterocycles. The lowest BCUT2D eigenvalue weighted by Crippen LogP contribution is -2.45. The number of nitrogens with zero attached hydrogens (tertiary/aromatic N) is 3. The van der Waals surface area contributed by atoms with E-state index in [2.05, 4.69) is 21.8 Å². The van der Waals surface area contributed by atoms with Gasteiger partial charge < -0.3 is 9.73 Å². The summed E-state index contributed by atoms with van der Waals surface area (Å²) in [6.45, 7) is 0. The van der Waals surface area contributed by atoms with Gasteiger partial charge >= 0.3 is 5.84 Å². The number of thioether (sulfide) groups is 1. The van der Waals surface area contributed by atoms with Gasteiger partial charge in [-0.2, -0.15) is 10.2 Å². The smallest absolute Gasteiger partial charge is 0.306 e. The third kappa shape index (κ3) is 2.83. The van der Waals surface area contributed by atoms with Crippen LogP contribution in [0.4, 0.5) is 0 Å². The molecule has 0 spiro atoms. The molecule has 1 aliphatic rings. The molecule has 0 aliphatic heterocycles. The molecule has 2 heterocycles. The highest BCUT2D eigenvalue weighted by molar-refractivity contribution is 8.04. The lowest BCUT2D eigenvalue weighted by molar-refractivity contribution is 0.0914. The van der Waals surface area contributed by atoms with Crippen molar-refractivity contribution >= 4 is 34.3 Å². The number of oxazole rings is 1. The standard InChI is InChI=1S/C21H16N4O2S/c22-12-28-17-10-16(11-17)23-20(26)19-18(24-21-25(19)7-8-27-21)15-6-5-13-3-1-2-4-14(13)9-15/h1-9,16-17H,10-11H2,(H,23,26). The Morgan fingerprint density at radius 3 is 2.89 bits per heavy atom. The van der Waals surface area contributed by atoms with Crippen molar-refractivity contribution in [1.82, 2.24) is 14.7 Å². The van der Waals surface area contributed by atoms with Gasteiger partial charge in [0.05, 0.1) is 0 Å². The normalized spacial score (nSPS) is 18.7. The molecule has 2 aromatic carbocycles. The maximum Gasteiger partial charge on any atom is 0.306 e. The van der Waals surface area contributed by atoms with Crippen LogP contribution in [-0.2, 0) is 0 Å². The van der Waals surface area contributed by atoms with E-state index in [4.69, 9.17) is 9.68 Å². The number of thiocyanates is 1. The van der Waals surface area contributed by atoms with Gasteiger partial charge in [0.15, 0.2) is 0 Å². The predicted octanol–water partition coefficient (Wildman–Crippen LogP) is 4.22. The highest BCUT2D eigenvalue weighted by Crippen LogP contribution is 2.32. The second-order valence-electron chi connectivity index (χ2n) is 6.90. The van der Waals surface area contributed by atoms with E-state index >= 15 is 0 Å². The number of nitrogens with one attached hydrogen (secondary N) is 1. The zero-order valence-corrected chi connectivity index (χ0v) is 15.6. The van der Waals surface area contributed by atoms with Crippen molar-refractivity contribution in [3.8, 4) is 16.7 Å². The van der Waals surface area contributed by atoms with Gasteiger partial charge in [0.25, 0.3) is 5.91 Å². The lowest BCUT2D eigenvalue weighted by Gasteiger charge is -2.33. The number of fused-ring (bicyclic) bond motifs is 2. The summed E-state index contributed by atoms with van der Waals surface area (Å²) in [5.41, 5.74) is 1.94. The van der Waals surface area contributed by atoms with Gasteiger partial charge in [-0.15, -0.1) is 0 Å². The summed E-state index contributed by atoms with van der Waals surface area (Å²) in [4.78, 5) is 17.6. The maximum atomic E-state index is 13.1. The molecule has 0 saturated heterocycles. The SMILES string of the molecule is N#CSC1CC(NC(=O)c2c(-c3ccc4ccccc4c3)nc3occn23)C1. The van der Waals surface area contributed by atoms with Crippen molar-refractivity contribution < 1.29 is 9.21 Å². The molecule has 0 atom stereocenters. The fraction of sp³-hybridized carbons (Fsp3) is 0.190. The number of imidazole rings is 1. The Bertz CT molecular complexity index is 1230. The van der Waals surface area contributed by atoms with E-state index in [-0.39, 0.29) is 11.9 Å². The number of carbonyl (C=O) groups is 1. The Hall–Kier alpha value is -3.24. The molecule has 6 nitrogen and oxygen atoms in total. The van der Waals surface area contributed by atoms with E-state index < -0.39 is 0 Å². The minimum atomic E-state index is -0.178. The Morgan fingerprint density at radius 1 is 1.25 bits per heavy atom. The summed E-state index contributed by atoms with van der Waals surface area (Å²) >= 11 is 1.27. The quantitative estimate of drug-likeness (QED) is 0.529. The number of hydrogen-bond acceptors (Lipinski definition) is 5. The van der Waals surface area contributed by atoms with Crippen molar-refractivity contribution in [1.29, 1.82) is 5.26 Å². The van der Waals surface area contributed by atoms with Crippen LogP contribution in [0.2, 0.25) is 0 Å². The minimum Gasteiger partial charge on any atom is -0.432 e. The molecule has 1 fully saturated rings. The Morgan fingerprint density at radius 2 is 2.07 bits per heavy atom. The fourth-order valence-corrected chi connectivity index (χ4v) is 4.45. The maximum absolute atomic E-state index is 13.1. The molecule has 0 radical (unpaired) electrons. The summed E-state index contributed by atoms with van der Waals surface area (Å²) in [6.07, 6.45) is 4.84. The Kier molecular flexibility index (Phi) is 4.06. The first-order valence-electron chi connectivity index (χ1n) is 9.03. The average Bonchev–Trinajstić information content (AvgIpc) is 3.27. The zero-order chi connectivity index (χ0) is 19.1. The van der Waals surface area contributed by atoms with Crippen molar-refractivity contribution in [3.05, 3.63) is 60.6 Å². The van der Waals surface area contributed by atoms with Crippen molar-refractivity contribution in [2.75, 3.05) is 0 Å². The van der Waals surface area contributed by atoms with Crippen LogP contribution in [0, 0.1) is 10.7 Å². The Labute approximate surface area is 165 Å². The van der Waals surface area contributed by atoms with Crippen molar-refractivity contribution in [3.63, 3.8) is 0 Å². The van der Waals surface area contributed by atoms with Gasteiger partial charge in [-0.25, -0.2) is 0 Å². The molecular weight excluding hydrogens is 372 g/mol. The Balaban J connectivity index is 1.50. The van der Waals surface area contributed by atoms with E-state index in [9.17, 15) is 4.79 Å². The molecule has 0 unspecified atom stereocenters. The first-order chi connectivity index (χ1) is 13.7. The molecule has 7 heteroatoms. The first-order valence-corrected chi connectivity index (χ1v) is 9.91. The highest BCUT2D eigenvalue weighted by atomic mass is 32.2. The molecule has 4 aromatic rings. The minimum absolute atomic E-state index is 0.0836. The van der Waals surface area contributed by atoms with Crippen LogP contribution in [0.5, 0.6) is 0 Å². The number of nitriles is 1. The average molecular weight is 388 g/mol. The van der Waals surface area contributed by atoms with Gasteiger partial charge in [0, 0.05) is 23.1 Å². The second kappa shape index (κ2) is 6.73. The molecule has 138 valence electrons. The number of amides is 1. The van der Waals surface area contributed by atoms with E-state index in [1.165, 1.54) is 18.0 Å². The van der Waals surface area contributed by atoms with Crippen LogP contribution in [0.15, 0.2) is 59.3 Å². The largest absolute Gasteiger partial charge is 0.432 e. The highest BCUT2D eigenvalue weighted by Gasteiger charge is 2.32. The third-order valence-corrected chi connectivity index (χ3v) is 5.97. The first kappa shape index (κ1) is 16.9. The van der Waals surface area contributed by atoms with E-state index in [1.54, 1.807) is 10.6 Å². The van der Waals surface area contributed by atoms with Crippen molar-refractivity contribution in [2.24, 2.45) is 0 Å². The van der Waals surface area contributed by atoms with Crippen LogP contribution in [0.25, 0.3) is 27.9 Å². The van der Waals surface area contributed by atoms with Crippen LogP contribution in [0.1, 0.15) is 23.3 Å². The molecule has 1 amide bonds. The van der Waals surface area contributed by atoms with Crippen LogP contribution < -0.4 is 5.32 Å². The number of rotatable bonds is 4. The monoisotopic (exact) mass is 388 g/mol. The molecule has 28 heavy (non-hydrogen) atoms. The summed E-state index contributed by atoms with van der Waals surface area (Å²) < 4.78 is 7.11. The summed E-state index contributed by atoms with van der Waals surface area (Å²) in [6, 6.07) is 14.2. The van der Waals surface area contributed by atoms with E-state index in [1.807, 2.05) is 36.4 Å². The van der Waals surface area contributed by atoms with Gasteiger partial charge in [-0.3, -0.25) is 9.20 Å². The molecule has 0 bridgehead atoms. The second-order valence-corrected chi connectivity index (χ2v) is 7.98. The van der Waals surface area contributed by atoms with Gasteiger partial charge in [-0.1, -0.05) is 36.4 Å². The molecule has 1 N–H and O–H groups in total. The molecule has 1 saturated carbocycles. The predicted molar refractivity (Wildman–Crippen MR) is 108 cm³/mol. The van der Waals surface area contributed by atoms with Gasteiger partial charge in [0.2, 0.25) is 0 Å². The fourth-order valence-electron chi connectivity index (χ4n) is 3.65. The van der Waals surface area contributed by atoms with Crippen molar-refractivity contribution in [2.45, 2.75) is 24.1 Å². The number of aromatic nitrogens is 2. The molecular formula is C21H16N4O2S.